The first kappa shape index (κ1) is 30.2. The number of hydrogen-bond donors (Lipinski definition) is 0. The van der Waals surface area contributed by atoms with Gasteiger partial charge < -0.3 is 0 Å². The summed E-state index contributed by atoms with van der Waals surface area (Å²) in [6, 6.07) is 0. The van der Waals surface area contributed by atoms with E-state index in [0.717, 1.165) is 0 Å². The SMILES string of the molecule is [CH3][Sn]([CH3])([Br])[C]12C3([N+](=O)[O-])[C]4([Sn]([CH3])([CH3])[Br])C1([N+](=O)[O-])[C]1([Sn]([CH3])([CH3])[Br])C2([N+](=O)[O-])[C]3([Sn]([CH3])([CH3])[Br])C41[N+](=O)[O-]. The molecule has 200 valence electrons. The summed E-state index contributed by atoms with van der Waals surface area (Å²) in [5.74, 6) is 0. The first-order valence-corrected chi connectivity index (χ1v) is 65.2. The van der Waals surface area contributed by atoms with E-state index in [2.05, 4.69) is 50.8 Å². The van der Waals surface area contributed by atoms with Crippen LogP contribution in [0.2, 0.25) is 53.2 Å². The zero-order valence-electron chi connectivity index (χ0n) is 20.6. The van der Waals surface area contributed by atoms with Gasteiger partial charge in [0.2, 0.25) is 0 Å². The van der Waals surface area contributed by atoms with Gasteiger partial charge in [-0.2, -0.15) is 0 Å². The second-order valence-corrected chi connectivity index (χ2v) is 108. The maximum absolute atomic E-state index is 13.6. The molecule has 0 amide bonds. The van der Waals surface area contributed by atoms with Crippen molar-refractivity contribution in [3.05, 3.63) is 40.5 Å². The second-order valence-electron chi connectivity index (χ2n) is 12.8. The van der Waals surface area contributed by atoms with Gasteiger partial charge in [-0.25, -0.2) is 0 Å². The van der Waals surface area contributed by atoms with Crippen molar-refractivity contribution in [1.82, 2.24) is 0 Å². The van der Waals surface area contributed by atoms with Gasteiger partial charge in [-0.3, -0.25) is 0 Å². The zero-order valence-corrected chi connectivity index (χ0v) is 38.3. The van der Waals surface area contributed by atoms with E-state index in [1.54, 1.807) is 39.5 Å². The Bertz CT molecular complexity index is 1020. The first-order chi connectivity index (χ1) is 15.8. The molecule has 20 heteroatoms. The molecule has 0 aromatic carbocycles. The Balaban J connectivity index is 2.20. The summed E-state index contributed by atoms with van der Waals surface area (Å²) in [5.41, 5.74) is -8.27. The van der Waals surface area contributed by atoms with Crippen LogP contribution in [0.3, 0.4) is 0 Å². The molecule has 0 spiro atoms. The van der Waals surface area contributed by atoms with Gasteiger partial charge in [0.25, 0.3) is 0 Å². The van der Waals surface area contributed by atoms with E-state index in [0.29, 0.717) is 0 Å². The molecule has 6 fully saturated rings. The molecule has 0 N–H and O–H groups in total. The number of rotatable bonds is 8. The average molecular weight is 1190 g/mol. The monoisotopic (exact) mass is 1200 g/mol. The van der Waals surface area contributed by atoms with Gasteiger partial charge in [0.15, 0.2) is 0 Å². The van der Waals surface area contributed by atoms with Gasteiger partial charge in [0, 0.05) is 0 Å². The fourth-order valence-electron chi connectivity index (χ4n) is 12.9. The molecule has 0 radical (unpaired) electrons. The molecule has 6 aliphatic rings. The first-order valence-electron chi connectivity index (χ1n) is 11.1. The topological polar surface area (TPSA) is 173 Å². The number of hydrogen-bond acceptors (Lipinski definition) is 8. The van der Waals surface area contributed by atoms with E-state index in [1.165, 1.54) is 0 Å². The molecule has 12 nitrogen and oxygen atoms in total. The molecule has 6 saturated carbocycles. The van der Waals surface area contributed by atoms with Crippen LogP contribution in [0.1, 0.15) is 0 Å². The van der Waals surface area contributed by atoms with E-state index in [1.807, 2.05) is 0 Å². The van der Waals surface area contributed by atoms with Gasteiger partial charge in [-0.15, -0.1) is 0 Å². The number of halogens is 4. The molecule has 0 unspecified atom stereocenters. The normalized spacial score (nSPS) is 51.4. The van der Waals surface area contributed by atoms with Gasteiger partial charge in [0.1, 0.15) is 0 Å². The van der Waals surface area contributed by atoms with Gasteiger partial charge in [-0.1, -0.05) is 0 Å². The second kappa shape index (κ2) is 6.76. The minimum absolute atomic E-state index is 0.488. The summed E-state index contributed by atoms with van der Waals surface area (Å²) in [5, 5.41) is 54.3. The molecule has 6 rings (SSSR count). The Kier molecular flexibility index (Phi) is 5.67. The van der Waals surface area contributed by atoms with Crippen molar-refractivity contribution >= 4 is 115 Å². The average Bonchev–Trinajstić information content (AvgIpc) is 2.59. The van der Waals surface area contributed by atoms with Crippen molar-refractivity contribution in [2.45, 2.75) is 75.4 Å². The summed E-state index contributed by atoms with van der Waals surface area (Å²) in [7, 11) is 0. The van der Waals surface area contributed by atoms with Gasteiger partial charge >= 0.3 is 251 Å². The Hall–Kier alpha value is 2.71. The molecule has 0 heterocycles. The van der Waals surface area contributed by atoms with Crippen LogP contribution in [-0.2, 0) is 0 Å². The van der Waals surface area contributed by atoms with Crippen LogP contribution in [0.25, 0.3) is 0 Å². The van der Waals surface area contributed by atoms with Crippen molar-refractivity contribution in [3.63, 3.8) is 0 Å². The predicted molar refractivity (Wildman–Crippen MR) is 155 cm³/mol. The van der Waals surface area contributed by atoms with Gasteiger partial charge in [-0.05, 0) is 0 Å². The molecular formula is C16H24Br4N4O8Sn4. The summed E-state index contributed by atoms with van der Waals surface area (Å²) in [6.07, 6.45) is 0. The third-order valence-electron chi connectivity index (χ3n) is 11.2. The Morgan fingerprint density at radius 1 is 0.417 bits per heavy atom. The van der Waals surface area contributed by atoms with E-state index >= 15 is 0 Å². The molecule has 0 saturated heterocycles. The van der Waals surface area contributed by atoms with Crippen LogP contribution in [0.4, 0.5) is 0 Å². The number of nitro groups is 4. The fourth-order valence-corrected chi connectivity index (χ4v) is 93.7. The van der Waals surface area contributed by atoms with Crippen molar-refractivity contribution < 1.29 is 19.7 Å². The van der Waals surface area contributed by atoms with E-state index in [9.17, 15) is 40.5 Å². The fraction of sp³-hybridized carbons (Fsp3) is 1.00. The molecule has 6 aliphatic carbocycles. The van der Waals surface area contributed by atoms with Crippen molar-refractivity contribution in [1.29, 1.82) is 0 Å². The molecular weight excluding hydrogens is 1170 g/mol. The summed E-state index contributed by atoms with van der Waals surface area (Å²) < 4.78 is -7.33. The minimum atomic E-state index is -4.30. The van der Waals surface area contributed by atoms with Crippen LogP contribution in [0, 0.1) is 40.5 Å². The van der Waals surface area contributed by atoms with E-state index in [4.69, 9.17) is 0 Å². The summed E-state index contributed by atoms with van der Waals surface area (Å²) >= 11 is -2.33. The molecule has 0 bridgehead atoms. The van der Waals surface area contributed by atoms with Crippen molar-refractivity contribution in [2.75, 3.05) is 0 Å². The molecule has 0 atom stereocenters. The van der Waals surface area contributed by atoms with Crippen LogP contribution >= 0.6 is 50.8 Å². The Labute approximate surface area is 246 Å². The Morgan fingerprint density at radius 2 is 0.528 bits per heavy atom. The zero-order chi connectivity index (χ0) is 28.3. The summed E-state index contributed by atoms with van der Waals surface area (Å²) in [6.45, 7) is 0. The quantitative estimate of drug-likeness (QED) is 0.175. The van der Waals surface area contributed by atoms with Gasteiger partial charge in [0.05, 0.1) is 0 Å². The van der Waals surface area contributed by atoms with Crippen LogP contribution in [-0.4, -0.2) is 106 Å². The van der Waals surface area contributed by atoms with E-state index < -0.39 is 120 Å². The van der Waals surface area contributed by atoms with Crippen molar-refractivity contribution in [2.24, 2.45) is 0 Å². The Morgan fingerprint density at radius 3 is 0.583 bits per heavy atom. The third kappa shape index (κ3) is 1.61. The van der Waals surface area contributed by atoms with Crippen molar-refractivity contribution in [3.8, 4) is 0 Å². The standard InChI is InChI=1S/C8N4O8.8CH3.4BrH.4Sn/c13-9(14)5-1-6(10(15)16)2(5)8(12(19)20)3(5)7(1,4(6)8)11(17)18;;;;;;;;;;;;;;;;/h;8*1H3;4*1H;;;;/q;;;;;;;;;;;;;4*+1/p-4. The van der Waals surface area contributed by atoms with Crippen LogP contribution in [0.15, 0.2) is 0 Å². The number of nitrogens with zero attached hydrogens (tertiary/aromatic N) is 4. The third-order valence-corrected chi connectivity index (χ3v) is 59.9. The molecule has 0 aliphatic heterocycles. The van der Waals surface area contributed by atoms with Crippen LogP contribution in [0.5, 0.6) is 0 Å². The molecule has 0 aromatic heterocycles. The summed E-state index contributed by atoms with van der Waals surface area (Å²) in [4.78, 5) is 66.3. The molecule has 36 heavy (non-hydrogen) atoms. The molecule has 0 aromatic rings. The predicted octanol–water partition coefficient (Wildman–Crippen LogP) is 5.48. The maximum atomic E-state index is 13.6. The van der Waals surface area contributed by atoms with Crippen LogP contribution < -0.4 is 0 Å². The van der Waals surface area contributed by atoms with E-state index in [-0.39, 0.29) is 0 Å².